The number of amides is 1. The third-order valence-electron chi connectivity index (χ3n) is 3.29. The zero-order valence-electron chi connectivity index (χ0n) is 12.4. The van der Waals surface area contributed by atoms with Gasteiger partial charge in [-0.15, -0.1) is 0 Å². The van der Waals surface area contributed by atoms with E-state index >= 15 is 0 Å². The molecule has 7 N–H and O–H groups in total. The van der Waals surface area contributed by atoms with Crippen molar-refractivity contribution in [3.63, 3.8) is 0 Å². The maximum Gasteiger partial charge on any atom is 0.326 e. The van der Waals surface area contributed by atoms with Crippen LogP contribution in [0.4, 0.5) is 0 Å². The summed E-state index contributed by atoms with van der Waals surface area (Å²) >= 11 is 0. The molecule has 1 rings (SSSR count). The molecule has 7 nitrogen and oxygen atoms in total. The smallest absolute Gasteiger partial charge is 0.326 e. The molecule has 0 aromatic heterocycles. The second-order valence-corrected chi connectivity index (χ2v) is 5.16. The summed E-state index contributed by atoms with van der Waals surface area (Å²) in [6.07, 6.45) is 1.92. The first-order valence-electron chi connectivity index (χ1n) is 7.20. The number of hydrogen-bond acceptors (Lipinski definition) is 5. The van der Waals surface area contributed by atoms with Gasteiger partial charge in [-0.3, -0.25) is 4.79 Å². The topological polar surface area (TPSA) is 139 Å². The molecule has 0 aliphatic rings. The van der Waals surface area contributed by atoms with Gasteiger partial charge in [0.05, 0.1) is 6.04 Å². The summed E-state index contributed by atoms with van der Waals surface area (Å²) in [7, 11) is 0. The molecule has 7 heteroatoms. The van der Waals surface area contributed by atoms with Gasteiger partial charge in [-0.2, -0.15) is 0 Å². The van der Waals surface area contributed by atoms with E-state index in [4.69, 9.17) is 16.6 Å². The molecule has 2 atom stereocenters. The Bertz CT molecular complexity index is 490. The van der Waals surface area contributed by atoms with E-state index < -0.39 is 24.0 Å². The van der Waals surface area contributed by atoms with Crippen LogP contribution >= 0.6 is 0 Å². The Morgan fingerprint density at radius 1 is 1.18 bits per heavy atom. The SMILES string of the molecule is NCCCC[C@@H](NC(=O)[C@H](N)Cc1ccc(O)cc1)C(=O)O. The number of nitrogens with two attached hydrogens (primary N) is 2. The average molecular weight is 309 g/mol. The maximum absolute atomic E-state index is 12.0. The quantitative estimate of drug-likeness (QED) is 0.406. The molecule has 1 amide bonds. The number of nitrogens with one attached hydrogen (secondary N) is 1. The molecule has 0 fully saturated rings. The second kappa shape index (κ2) is 9.01. The minimum absolute atomic E-state index is 0.132. The van der Waals surface area contributed by atoms with E-state index in [1.807, 2.05) is 0 Å². The largest absolute Gasteiger partial charge is 0.508 e. The van der Waals surface area contributed by atoms with Gasteiger partial charge >= 0.3 is 5.97 Å². The van der Waals surface area contributed by atoms with Crippen molar-refractivity contribution >= 4 is 11.9 Å². The zero-order valence-corrected chi connectivity index (χ0v) is 12.4. The van der Waals surface area contributed by atoms with Gasteiger partial charge in [-0.1, -0.05) is 12.1 Å². The summed E-state index contributed by atoms with van der Waals surface area (Å²) in [5.41, 5.74) is 12.0. The molecule has 22 heavy (non-hydrogen) atoms. The molecule has 0 aliphatic heterocycles. The van der Waals surface area contributed by atoms with Crippen LogP contribution in [-0.2, 0) is 16.0 Å². The number of unbranched alkanes of at least 4 members (excludes halogenated alkanes) is 1. The average Bonchev–Trinajstić information content (AvgIpc) is 2.48. The lowest BCUT2D eigenvalue weighted by Crippen LogP contribution is -2.49. The van der Waals surface area contributed by atoms with Gasteiger partial charge in [0.1, 0.15) is 11.8 Å². The number of phenolic OH excluding ortho intramolecular Hbond substituents is 1. The molecule has 0 spiro atoms. The van der Waals surface area contributed by atoms with E-state index in [-0.39, 0.29) is 12.2 Å². The van der Waals surface area contributed by atoms with E-state index in [0.29, 0.717) is 25.8 Å². The van der Waals surface area contributed by atoms with Gasteiger partial charge in [-0.25, -0.2) is 4.79 Å². The van der Waals surface area contributed by atoms with Gasteiger partial charge in [0.25, 0.3) is 0 Å². The van der Waals surface area contributed by atoms with Gasteiger partial charge in [0, 0.05) is 0 Å². The van der Waals surface area contributed by atoms with Crippen LogP contribution in [0.15, 0.2) is 24.3 Å². The van der Waals surface area contributed by atoms with Crippen molar-refractivity contribution < 1.29 is 19.8 Å². The Labute approximate surface area is 129 Å². The van der Waals surface area contributed by atoms with Crippen molar-refractivity contribution in [1.82, 2.24) is 5.32 Å². The molecule has 0 radical (unpaired) electrons. The summed E-state index contributed by atoms with van der Waals surface area (Å²) in [5.74, 6) is -1.46. The molecule has 0 unspecified atom stereocenters. The number of benzene rings is 1. The number of rotatable bonds is 9. The fraction of sp³-hybridized carbons (Fsp3) is 0.467. The first-order valence-corrected chi connectivity index (χ1v) is 7.20. The van der Waals surface area contributed by atoms with Crippen LogP contribution < -0.4 is 16.8 Å². The number of aliphatic carboxylic acids is 1. The third kappa shape index (κ3) is 6.11. The van der Waals surface area contributed by atoms with E-state index in [2.05, 4.69) is 5.32 Å². The van der Waals surface area contributed by atoms with E-state index in [1.54, 1.807) is 12.1 Å². The van der Waals surface area contributed by atoms with Gasteiger partial charge < -0.3 is 27.0 Å². The van der Waals surface area contributed by atoms with Gasteiger partial charge in [-0.05, 0) is 49.9 Å². The van der Waals surface area contributed by atoms with Crippen molar-refractivity contribution in [2.45, 2.75) is 37.8 Å². The number of carbonyl (C=O) groups is 2. The highest BCUT2D eigenvalue weighted by atomic mass is 16.4. The monoisotopic (exact) mass is 309 g/mol. The van der Waals surface area contributed by atoms with Crippen molar-refractivity contribution in [3.05, 3.63) is 29.8 Å². The minimum atomic E-state index is -1.08. The van der Waals surface area contributed by atoms with Crippen LogP contribution in [-0.4, -0.2) is 40.7 Å². The summed E-state index contributed by atoms with van der Waals surface area (Å²) in [4.78, 5) is 23.1. The molecular formula is C15H23N3O4. The summed E-state index contributed by atoms with van der Waals surface area (Å²) in [6.45, 7) is 0.487. The summed E-state index contributed by atoms with van der Waals surface area (Å²) in [5, 5.41) is 20.8. The highest BCUT2D eigenvalue weighted by Gasteiger charge is 2.22. The first-order chi connectivity index (χ1) is 10.4. The first kappa shape index (κ1) is 17.9. The Hall–Kier alpha value is -2.12. The second-order valence-electron chi connectivity index (χ2n) is 5.16. The number of carboxylic acid groups (broad SMARTS) is 1. The highest BCUT2D eigenvalue weighted by Crippen LogP contribution is 2.11. The third-order valence-corrected chi connectivity index (χ3v) is 3.29. The zero-order chi connectivity index (χ0) is 16.5. The van der Waals surface area contributed by atoms with E-state index in [9.17, 15) is 14.7 Å². The summed E-state index contributed by atoms with van der Waals surface area (Å²) in [6, 6.07) is 4.54. The molecule has 0 bridgehead atoms. The molecule has 1 aromatic rings. The standard InChI is InChI=1S/C15H23N3O4/c16-8-2-1-3-13(15(21)22)18-14(20)12(17)9-10-4-6-11(19)7-5-10/h4-7,12-13,19H,1-3,8-9,16-17H2,(H,18,20)(H,21,22)/t12-,13-/m1/s1. The number of carboxylic acids is 1. The predicted octanol–water partition coefficient (Wildman–Crippen LogP) is -0.0396. The van der Waals surface area contributed by atoms with Crippen LogP contribution in [0, 0.1) is 0 Å². The summed E-state index contributed by atoms with van der Waals surface area (Å²) < 4.78 is 0. The van der Waals surface area contributed by atoms with Crippen LogP contribution in [0.3, 0.4) is 0 Å². The van der Waals surface area contributed by atoms with Crippen LogP contribution in [0.5, 0.6) is 5.75 Å². The highest BCUT2D eigenvalue weighted by molar-refractivity contribution is 5.86. The van der Waals surface area contributed by atoms with Crippen LogP contribution in [0.25, 0.3) is 0 Å². The van der Waals surface area contributed by atoms with Crippen molar-refractivity contribution in [2.75, 3.05) is 6.54 Å². The maximum atomic E-state index is 12.0. The Morgan fingerprint density at radius 3 is 2.36 bits per heavy atom. The van der Waals surface area contributed by atoms with Crippen LogP contribution in [0.2, 0.25) is 0 Å². The number of aromatic hydroxyl groups is 1. The van der Waals surface area contributed by atoms with Gasteiger partial charge in [0.2, 0.25) is 5.91 Å². The molecule has 122 valence electrons. The predicted molar refractivity (Wildman–Crippen MR) is 82.3 cm³/mol. The van der Waals surface area contributed by atoms with Crippen molar-refractivity contribution in [2.24, 2.45) is 11.5 Å². The Kier molecular flexibility index (Phi) is 7.34. The van der Waals surface area contributed by atoms with Crippen molar-refractivity contribution in [1.29, 1.82) is 0 Å². The number of phenols is 1. The fourth-order valence-corrected chi connectivity index (χ4v) is 2.01. The minimum Gasteiger partial charge on any atom is -0.508 e. The normalized spacial score (nSPS) is 13.4. The molecule has 0 heterocycles. The number of hydrogen-bond donors (Lipinski definition) is 5. The van der Waals surface area contributed by atoms with E-state index in [1.165, 1.54) is 12.1 Å². The molecular weight excluding hydrogens is 286 g/mol. The van der Waals surface area contributed by atoms with E-state index in [0.717, 1.165) is 5.56 Å². The lowest BCUT2D eigenvalue weighted by Gasteiger charge is -2.18. The van der Waals surface area contributed by atoms with Crippen molar-refractivity contribution in [3.8, 4) is 5.75 Å². The molecule has 0 saturated heterocycles. The van der Waals surface area contributed by atoms with Gasteiger partial charge in [0.15, 0.2) is 0 Å². The molecule has 0 aliphatic carbocycles. The molecule has 1 aromatic carbocycles. The Balaban J connectivity index is 2.53. The fourth-order valence-electron chi connectivity index (χ4n) is 2.01. The van der Waals surface area contributed by atoms with Crippen LogP contribution in [0.1, 0.15) is 24.8 Å². The Morgan fingerprint density at radius 2 is 1.82 bits per heavy atom. The lowest BCUT2D eigenvalue weighted by atomic mass is 10.0. The number of carbonyl (C=O) groups excluding carboxylic acids is 1. The molecule has 0 saturated carbocycles. The lowest BCUT2D eigenvalue weighted by molar-refractivity contribution is -0.142.